The van der Waals surface area contributed by atoms with E-state index in [1.54, 1.807) is 12.1 Å². The van der Waals surface area contributed by atoms with Gasteiger partial charge in [0, 0.05) is 6.54 Å². The van der Waals surface area contributed by atoms with Gasteiger partial charge in [-0.05, 0) is 24.3 Å². The molecule has 1 fully saturated rings. The first-order valence-electron chi connectivity index (χ1n) is 7.78. The number of nitrogens with one attached hydrogen (secondary N) is 1. The third kappa shape index (κ3) is 5.71. The van der Waals surface area contributed by atoms with Gasteiger partial charge in [-0.3, -0.25) is 9.63 Å². The Kier molecular flexibility index (Phi) is 6.38. The number of amides is 1. The fraction of sp³-hybridized carbons (Fsp3) is 0.500. The number of benzene rings is 1. The van der Waals surface area contributed by atoms with E-state index in [0.29, 0.717) is 6.42 Å². The van der Waals surface area contributed by atoms with Crippen LogP contribution in [0.5, 0.6) is 0 Å². The summed E-state index contributed by atoms with van der Waals surface area (Å²) in [6.45, 7) is 2.02. The first-order chi connectivity index (χ1) is 11.8. The highest BCUT2D eigenvalue weighted by Gasteiger charge is 2.45. The Hall–Kier alpha value is -2.13. The zero-order valence-electron chi connectivity index (χ0n) is 13.6. The quantitative estimate of drug-likeness (QED) is 0.817. The minimum atomic E-state index is -5.12. The summed E-state index contributed by atoms with van der Waals surface area (Å²) in [4.78, 5) is 32.7. The van der Waals surface area contributed by atoms with Crippen molar-refractivity contribution in [1.29, 1.82) is 0 Å². The molecule has 25 heavy (non-hydrogen) atoms. The van der Waals surface area contributed by atoms with Crippen molar-refractivity contribution in [2.75, 3.05) is 6.54 Å². The molecule has 0 spiro atoms. The van der Waals surface area contributed by atoms with Crippen molar-refractivity contribution in [3.05, 3.63) is 35.9 Å². The summed E-state index contributed by atoms with van der Waals surface area (Å²) in [6.07, 6.45) is -4.35. The Morgan fingerprint density at radius 1 is 1.28 bits per heavy atom. The van der Waals surface area contributed by atoms with Gasteiger partial charge in [0.25, 0.3) is 5.91 Å². The smallest absolute Gasteiger partial charge is 0.360 e. The van der Waals surface area contributed by atoms with Gasteiger partial charge in [-0.15, -0.1) is 5.06 Å². The number of carbonyl (C=O) groups is 2. The van der Waals surface area contributed by atoms with Crippen molar-refractivity contribution in [2.24, 2.45) is 5.92 Å². The first-order valence-corrected chi connectivity index (χ1v) is 7.78. The molecule has 2 rings (SSSR count). The van der Waals surface area contributed by atoms with E-state index in [1.165, 1.54) is 0 Å². The monoisotopic (exact) mass is 360 g/mol. The molecule has 0 saturated carbocycles. The topological polar surface area (TPSA) is 67.9 Å². The molecule has 1 N–H and O–H groups in total. The van der Waals surface area contributed by atoms with Crippen molar-refractivity contribution in [1.82, 2.24) is 10.5 Å². The third-order valence-electron chi connectivity index (χ3n) is 3.80. The third-order valence-corrected chi connectivity index (χ3v) is 3.80. The summed E-state index contributed by atoms with van der Waals surface area (Å²) in [5.41, 5.74) is 3.03. The highest BCUT2D eigenvalue weighted by Crippen LogP contribution is 2.25. The number of carbonyl (C=O) groups excluding carboxylic acids is 2. The summed E-state index contributed by atoms with van der Waals surface area (Å²) in [7, 11) is 0. The van der Waals surface area contributed by atoms with E-state index in [-0.39, 0.29) is 25.5 Å². The molecule has 0 bridgehead atoms. The Morgan fingerprint density at radius 2 is 1.96 bits per heavy atom. The fourth-order valence-corrected chi connectivity index (χ4v) is 2.46. The number of piperidine rings is 1. The van der Waals surface area contributed by atoms with Crippen LogP contribution in [0.25, 0.3) is 0 Å². The van der Waals surface area contributed by atoms with Crippen LogP contribution in [0.1, 0.15) is 25.3 Å². The molecule has 1 aliphatic heterocycles. The van der Waals surface area contributed by atoms with Crippen LogP contribution in [-0.4, -0.2) is 35.7 Å². The number of nitrogens with zero attached hydrogens (tertiary/aromatic N) is 1. The second-order valence-corrected chi connectivity index (χ2v) is 5.90. The number of halogens is 3. The summed E-state index contributed by atoms with van der Waals surface area (Å²) in [6, 6.07) is 8.01. The normalized spacial score (nSPS) is 21.6. The molecule has 1 unspecified atom stereocenters. The number of rotatable bonds is 5. The van der Waals surface area contributed by atoms with Gasteiger partial charge in [0.15, 0.2) is 0 Å². The van der Waals surface area contributed by atoms with Crippen molar-refractivity contribution in [3.8, 4) is 0 Å². The van der Waals surface area contributed by atoms with E-state index >= 15 is 0 Å². The number of alkyl halides is 3. The molecular weight excluding hydrogens is 341 g/mol. The maximum Gasteiger partial charge on any atom is 0.492 e. The molecule has 1 amide bonds. The Balaban J connectivity index is 1.92. The Bertz CT molecular complexity index is 595. The SMILES string of the molecule is CC1CCN(OC(=O)C(F)(F)F)[C@@H](C(=O)NOCc2ccccc2)C1. The van der Waals surface area contributed by atoms with E-state index in [4.69, 9.17) is 4.84 Å². The summed E-state index contributed by atoms with van der Waals surface area (Å²) in [5.74, 6) is -2.90. The number of hydroxylamine groups is 3. The maximum absolute atomic E-state index is 12.4. The Morgan fingerprint density at radius 3 is 2.60 bits per heavy atom. The standard InChI is InChI=1S/C16H19F3N2O4/c1-11-7-8-21(25-15(23)16(17,18)19)13(9-11)14(22)20-24-10-12-5-3-2-4-6-12/h2-6,11,13H,7-10H2,1H3,(H,20,22)/t11?,13-/m1/s1. The van der Waals surface area contributed by atoms with E-state index in [1.807, 2.05) is 25.1 Å². The predicted octanol–water partition coefficient (Wildman–Crippen LogP) is 2.36. The van der Waals surface area contributed by atoms with Crippen LogP contribution in [0.15, 0.2) is 30.3 Å². The largest absolute Gasteiger partial charge is 0.492 e. The van der Waals surface area contributed by atoms with Crippen LogP contribution in [0.3, 0.4) is 0 Å². The van der Waals surface area contributed by atoms with Gasteiger partial charge in [0.2, 0.25) is 0 Å². The second kappa shape index (κ2) is 8.30. The van der Waals surface area contributed by atoms with Crippen molar-refractivity contribution >= 4 is 11.9 Å². The summed E-state index contributed by atoms with van der Waals surface area (Å²) >= 11 is 0. The van der Waals surface area contributed by atoms with Gasteiger partial charge >= 0.3 is 12.1 Å². The molecule has 9 heteroatoms. The van der Waals surface area contributed by atoms with Gasteiger partial charge in [0.1, 0.15) is 6.04 Å². The molecule has 2 atom stereocenters. The molecule has 1 saturated heterocycles. The van der Waals surface area contributed by atoms with Gasteiger partial charge in [-0.1, -0.05) is 37.3 Å². The lowest BCUT2D eigenvalue weighted by molar-refractivity contribution is -0.251. The van der Waals surface area contributed by atoms with Crippen LogP contribution in [0.2, 0.25) is 0 Å². The fourth-order valence-electron chi connectivity index (χ4n) is 2.46. The summed E-state index contributed by atoms with van der Waals surface area (Å²) in [5, 5.41) is 0.775. The lowest BCUT2D eigenvalue weighted by Gasteiger charge is -2.35. The minimum absolute atomic E-state index is 0.0414. The van der Waals surface area contributed by atoms with Crippen LogP contribution in [0, 0.1) is 5.92 Å². The molecule has 0 aromatic heterocycles. The van der Waals surface area contributed by atoms with E-state index in [0.717, 1.165) is 10.6 Å². The van der Waals surface area contributed by atoms with Gasteiger partial charge in [-0.25, -0.2) is 10.3 Å². The predicted molar refractivity (Wildman–Crippen MR) is 80.4 cm³/mol. The highest BCUT2D eigenvalue weighted by molar-refractivity contribution is 5.81. The van der Waals surface area contributed by atoms with Crippen molar-refractivity contribution in [3.63, 3.8) is 0 Å². The second-order valence-electron chi connectivity index (χ2n) is 5.90. The van der Waals surface area contributed by atoms with Crippen LogP contribution >= 0.6 is 0 Å². The van der Waals surface area contributed by atoms with Crippen molar-refractivity contribution < 1.29 is 32.4 Å². The highest BCUT2D eigenvalue weighted by atomic mass is 19.4. The van der Waals surface area contributed by atoms with Gasteiger partial charge in [-0.2, -0.15) is 13.2 Å². The number of hydrogen-bond acceptors (Lipinski definition) is 5. The molecule has 0 aliphatic carbocycles. The van der Waals surface area contributed by atoms with Crippen LogP contribution in [0.4, 0.5) is 13.2 Å². The summed E-state index contributed by atoms with van der Waals surface area (Å²) < 4.78 is 37.1. The molecule has 1 aromatic rings. The molecular formula is C16H19F3N2O4. The van der Waals surface area contributed by atoms with E-state index in [9.17, 15) is 22.8 Å². The lowest BCUT2D eigenvalue weighted by atomic mass is 9.93. The average Bonchev–Trinajstić information content (AvgIpc) is 2.56. The lowest BCUT2D eigenvalue weighted by Crippen LogP contribution is -2.52. The van der Waals surface area contributed by atoms with E-state index < -0.39 is 24.1 Å². The molecule has 1 aliphatic rings. The average molecular weight is 360 g/mol. The molecule has 1 heterocycles. The molecule has 1 aromatic carbocycles. The number of hydrogen-bond donors (Lipinski definition) is 1. The Labute approximate surface area is 142 Å². The maximum atomic E-state index is 12.4. The van der Waals surface area contributed by atoms with Gasteiger partial charge < -0.3 is 4.84 Å². The first kappa shape index (κ1) is 19.2. The molecule has 138 valence electrons. The minimum Gasteiger partial charge on any atom is -0.360 e. The van der Waals surface area contributed by atoms with Gasteiger partial charge in [0.05, 0.1) is 6.61 Å². The zero-order chi connectivity index (χ0) is 18.4. The van der Waals surface area contributed by atoms with Crippen LogP contribution < -0.4 is 5.48 Å². The molecule has 6 nitrogen and oxygen atoms in total. The van der Waals surface area contributed by atoms with Crippen LogP contribution in [-0.2, 0) is 25.9 Å². The van der Waals surface area contributed by atoms with Crippen molar-refractivity contribution in [2.45, 2.75) is 38.6 Å². The van der Waals surface area contributed by atoms with E-state index in [2.05, 4.69) is 10.3 Å². The molecule has 0 radical (unpaired) electrons. The zero-order valence-corrected chi connectivity index (χ0v) is 13.6.